The smallest absolute Gasteiger partial charge is 0.244 e. The van der Waals surface area contributed by atoms with Crippen LogP contribution in [0, 0.1) is 6.92 Å². The second-order valence-electron chi connectivity index (χ2n) is 5.55. The summed E-state index contributed by atoms with van der Waals surface area (Å²) < 4.78 is 5.31. The van der Waals surface area contributed by atoms with Crippen LogP contribution in [-0.4, -0.2) is 36.9 Å². The van der Waals surface area contributed by atoms with Gasteiger partial charge in [0.05, 0.1) is 12.8 Å². The maximum absolute atomic E-state index is 12.8. The van der Waals surface area contributed by atoms with Crippen LogP contribution in [0.4, 0.5) is 0 Å². The van der Waals surface area contributed by atoms with Crippen molar-refractivity contribution in [3.63, 3.8) is 0 Å². The second-order valence-corrected chi connectivity index (χ2v) is 5.55. The number of likely N-dealkylation sites (N-methyl/N-ethyl adjacent to an activating group) is 2. The van der Waals surface area contributed by atoms with E-state index in [0.717, 1.165) is 16.9 Å². The van der Waals surface area contributed by atoms with Crippen LogP contribution in [-0.2, 0) is 11.3 Å². The minimum atomic E-state index is -0.287. The maximum Gasteiger partial charge on any atom is 0.244 e. The Labute approximate surface area is 126 Å². The largest absolute Gasteiger partial charge is 0.467 e. The highest BCUT2D eigenvalue weighted by molar-refractivity contribution is 5.83. The molecule has 0 aliphatic carbocycles. The average molecular weight is 286 g/mol. The summed E-state index contributed by atoms with van der Waals surface area (Å²) in [5.41, 5.74) is 2.16. The van der Waals surface area contributed by atoms with Crippen LogP contribution in [0.1, 0.15) is 22.9 Å². The number of hydrogen-bond donors (Lipinski definition) is 0. The summed E-state index contributed by atoms with van der Waals surface area (Å²) >= 11 is 0. The molecule has 0 bridgehead atoms. The lowest BCUT2D eigenvalue weighted by Gasteiger charge is -2.28. The lowest BCUT2D eigenvalue weighted by Crippen LogP contribution is -2.38. The van der Waals surface area contributed by atoms with Crippen LogP contribution in [0.15, 0.2) is 47.1 Å². The molecule has 0 unspecified atom stereocenters. The molecule has 0 radical (unpaired) electrons. The molecular weight excluding hydrogens is 264 g/mol. The highest BCUT2D eigenvalue weighted by atomic mass is 16.3. The van der Waals surface area contributed by atoms with Crippen molar-refractivity contribution in [1.29, 1.82) is 0 Å². The predicted octanol–water partition coefficient (Wildman–Crippen LogP) is 2.85. The summed E-state index contributed by atoms with van der Waals surface area (Å²) in [7, 11) is 5.65. The molecule has 0 fully saturated rings. The highest BCUT2D eigenvalue weighted by Crippen LogP contribution is 2.22. The molecule has 0 N–H and O–H groups in total. The number of carbonyl (C=O) groups excluding carboxylic acids is 1. The summed E-state index contributed by atoms with van der Waals surface area (Å²) in [5, 5.41) is 0. The van der Waals surface area contributed by atoms with E-state index in [1.54, 1.807) is 18.2 Å². The van der Waals surface area contributed by atoms with Gasteiger partial charge in [0, 0.05) is 7.05 Å². The van der Waals surface area contributed by atoms with Crippen LogP contribution in [0.5, 0.6) is 0 Å². The predicted molar refractivity (Wildman–Crippen MR) is 82.8 cm³/mol. The first-order valence-corrected chi connectivity index (χ1v) is 6.99. The molecule has 1 amide bonds. The molecule has 4 nitrogen and oxygen atoms in total. The lowest BCUT2D eigenvalue weighted by molar-refractivity contribution is -0.135. The third kappa shape index (κ3) is 3.73. The molecule has 0 aliphatic rings. The standard InChI is InChI=1S/C17H22N2O2/c1-13-7-5-8-14(11-13)16(18(2)3)17(20)19(4)12-15-9-6-10-21-15/h5-11,16H,12H2,1-4H3/t16-/m0/s1. The number of amides is 1. The average Bonchev–Trinajstić information content (AvgIpc) is 2.91. The van der Waals surface area contributed by atoms with E-state index in [4.69, 9.17) is 4.42 Å². The normalized spacial score (nSPS) is 12.4. The van der Waals surface area contributed by atoms with E-state index in [1.165, 1.54) is 0 Å². The van der Waals surface area contributed by atoms with Gasteiger partial charge in [-0.2, -0.15) is 0 Å². The van der Waals surface area contributed by atoms with Crippen molar-refractivity contribution in [3.05, 3.63) is 59.5 Å². The van der Waals surface area contributed by atoms with Gasteiger partial charge in [-0.15, -0.1) is 0 Å². The van der Waals surface area contributed by atoms with Gasteiger partial charge in [-0.25, -0.2) is 0 Å². The van der Waals surface area contributed by atoms with Crippen LogP contribution in [0.2, 0.25) is 0 Å². The molecule has 0 aliphatic heterocycles. The fourth-order valence-corrected chi connectivity index (χ4v) is 2.42. The quantitative estimate of drug-likeness (QED) is 0.848. The Bertz CT molecular complexity index is 591. The van der Waals surface area contributed by atoms with Gasteiger partial charge in [0.15, 0.2) is 0 Å². The molecule has 2 rings (SSSR count). The monoisotopic (exact) mass is 286 g/mol. The van der Waals surface area contributed by atoms with Gasteiger partial charge in [0.25, 0.3) is 0 Å². The van der Waals surface area contributed by atoms with Crippen LogP contribution in [0.3, 0.4) is 0 Å². The number of nitrogens with zero attached hydrogens (tertiary/aromatic N) is 2. The SMILES string of the molecule is Cc1cccc([C@@H](C(=O)N(C)Cc2ccco2)N(C)C)c1. The minimum Gasteiger partial charge on any atom is -0.467 e. The molecule has 1 aromatic heterocycles. The topological polar surface area (TPSA) is 36.7 Å². The third-order valence-electron chi connectivity index (χ3n) is 3.46. The number of aryl methyl sites for hydroxylation is 1. The Hall–Kier alpha value is -2.07. The van der Waals surface area contributed by atoms with Crippen molar-refractivity contribution in [3.8, 4) is 0 Å². The summed E-state index contributed by atoms with van der Waals surface area (Å²) in [6.07, 6.45) is 1.62. The second kappa shape index (κ2) is 6.59. The fourth-order valence-electron chi connectivity index (χ4n) is 2.42. The van der Waals surface area contributed by atoms with E-state index >= 15 is 0 Å². The molecule has 1 heterocycles. The molecule has 2 aromatic rings. The van der Waals surface area contributed by atoms with Gasteiger partial charge in [-0.1, -0.05) is 29.8 Å². The number of carbonyl (C=O) groups is 1. The molecule has 0 saturated carbocycles. The van der Waals surface area contributed by atoms with Gasteiger partial charge in [-0.05, 0) is 38.7 Å². The summed E-state index contributed by atoms with van der Waals surface area (Å²) in [5.74, 6) is 0.842. The van der Waals surface area contributed by atoms with Crippen molar-refractivity contribution in [2.75, 3.05) is 21.1 Å². The van der Waals surface area contributed by atoms with Crippen molar-refractivity contribution in [2.24, 2.45) is 0 Å². The molecule has 21 heavy (non-hydrogen) atoms. The minimum absolute atomic E-state index is 0.0574. The number of furan rings is 1. The molecular formula is C17H22N2O2. The Balaban J connectivity index is 2.19. The molecule has 112 valence electrons. The Morgan fingerprint density at radius 2 is 1.95 bits per heavy atom. The van der Waals surface area contributed by atoms with Gasteiger partial charge in [0.2, 0.25) is 5.91 Å². The fraction of sp³-hybridized carbons (Fsp3) is 0.353. The van der Waals surface area contributed by atoms with Crippen molar-refractivity contribution >= 4 is 5.91 Å². The van der Waals surface area contributed by atoms with E-state index in [2.05, 4.69) is 6.07 Å². The zero-order chi connectivity index (χ0) is 15.4. The van der Waals surface area contributed by atoms with E-state index in [9.17, 15) is 4.79 Å². The first-order valence-electron chi connectivity index (χ1n) is 6.99. The number of benzene rings is 1. The Kier molecular flexibility index (Phi) is 4.81. The molecule has 1 atom stereocenters. The van der Waals surface area contributed by atoms with E-state index in [1.807, 2.05) is 56.3 Å². The first kappa shape index (κ1) is 15.3. The highest BCUT2D eigenvalue weighted by Gasteiger charge is 2.26. The van der Waals surface area contributed by atoms with Gasteiger partial charge < -0.3 is 9.32 Å². The van der Waals surface area contributed by atoms with Crippen LogP contribution >= 0.6 is 0 Å². The van der Waals surface area contributed by atoms with Gasteiger partial charge in [-0.3, -0.25) is 9.69 Å². The summed E-state index contributed by atoms with van der Waals surface area (Å²) in [6.45, 7) is 2.51. The van der Waals surface area contributed by atoms with Crippen LogP contribution < -0.4 is 0 Å². The Morgan fingerprint density at radius 3 is 2.52 bits per heavy atom. The number of hydrogen-bond acceptors (Lipinski definition) is 3. The zero-order valence-electron chi connectivity index (χ0n) is 13.0. The number of rotatable bonds is 5. The van der Waals surface area contributed by atoms with Crippen molar-refractivity contribution in [1.82, 2.24) is 9.80 Å². The molecule has 0 saturated heterocycles. The van der Waals surface area contributed by atoms with Gasteiger partial charge >= 0.3 is 0 Å². The Morgan fingerprint density at radius 1 is 1.19 bits per heavy atom. The summed E-state index contributed by atoms with van der Waals surface area (Å²) in [6, 6.07) is 11.5. The van der Waals surface area contributed by atoms with E-state index in [0.29, 0.717) is 6.54 Å². The van der Waals surface area contributed by atoms with Crippen LogP contribution in [0.25, 0.3) is 0 Å². The molecule has 1 aromatic carbocycles. The maximum atomic E-state index is 12.8. The van der Waals surface area contributed by atoms with Crippen molar-refractivity contribution < 1.29 is 9.21 Å². The van der Waals surface area contributed by atoms with E-state index in [-0.39, 0.29) is 11.9 Å². The molecule has 0 spiro atoms. The first-order chi connectivity index (χ1) is 9.99. The lowest BCUT2D eigenvalue weighted by atomic mass is 10.0. The zero-order valence-corrected chi connectivity index (χ0v) is 13.0. The molecule has 4 heteroatoms. The van der Waals surface area contributed by atoms with Gasteiger partial charge in [0.1, 0.15) is 11.8 Å². The summed E-state index contributed by atoms with van der Waals surface area (Å²) in [4.78, 5) is 16.4. The third-order valence-corrected chi connectivity index (χ3v) is 3.46. The van der Waals surface area contributed by atoms with Crippen molar-refractivity contribution in [2.45, 2.75) is 19.5 Å². The van der Waals surface area contributed by atoms with E-state index < -0.39 is 0 Å².